The Hall–Kier alpha value is -1.05. The highest BCUT2D eigenvalue weighted by Crippen LogP contribution is 2.04. The molecule has 0 aliphatic heterocycles. The summed E-state index contributed by atoms with van der Waals surface area (Å²) in [4.78, 5) is 0. The van der Waals surface area contributed by atoms with E-state index < -0.39 is 8.80 Å². The molecule has 0 radical (unpaired) electrons. The Labute approximate surface area is 110 Å². The van der Waals surface area contributed by atoms with Crippen LogP contribution in [-0.4, -0.2) is 14.3 Å². The number of hydrogen-bond donors (Lipinski definition) is 0. The van der Waals surface area contributed by atoms with Crippen LogP contribution in [0.5, 0.6) is 0 Å². The second-order valence-corrected chi connectivity index (χ2v) is 8.01. The third-order valence-electron chi connectivity index (χ3n) is 3.25. The molecule has 2 heteroatoms. The van der Waals surface area contributed by atoms with Crippen LogP contribution in [0.3, 0.4) is 0 Å². The van der Waals surface area contributed by atoms with Crippen molar-refractivity contribution >= 4 is 30.8 Å². The van der Waals surface area contributed by atoms with Gasteiger partial charge in [-0.1, -0.05) is 70.0 Å². The molecule has 0 amide bonds. The van der Waals surface area contributed by atoms with Gasteiger partial charge in [-0.25, -0.2) is 0 Å². The molecule has 0 spiro atoms. The molecule has 0 N–H and O–H groups in total. The van der Waals surface area contributed by atoms with E-state index >= 15 is 0 Å². The summed E-state index contributed by atoms with van der Waals surface area (Å²) in [5.41, 5.74) is 3.52. The maximum Gasteiger partial charge on any atom is 0.118 e. The molecule has 1 atom stereocenters. The molecule has 2 aromatic rings. The van der Waals surface area contributed by atoms with Crippen LogP contribution in [0.15, 0.2) is 48.5 Å². The van der Waals surface area contributed by atoms with E-state index in [0.717, 1.165) is 5.50 Å². The van der Waals surface area contributed by atoms with Gasteiger partial charge in [0.1, 0.15) is 8.80 Å². The van der Waals surface area contributed by atoms with Crippen molar-refractivity contribution in [2.24, 2.45) is 0 Å². The van der Waals surface area contributed by atoms with E-state index in [9.17, 15) is 0 Å². The van der Waals surface area contributed by atoms with Crippen molar-refractivity contribution < 1.29 is 0 Å². The first-order valence-electron chi connectivity index (χ1n) is 5.91. The van der Waals surface area contributed by atoms with Crippen molar-refractivity contribution in [3.63, 3.8) is 0 Å². The summed E-state index contributed by atoms with van der Waals surface area (Å²) >= 11 is 6.24. The summed E-state index contributed by atoms with van der Waals surface area (Å²) in [7, 11) is -1.24. The minimum Gasteiger partial charge on any atom is -0.130 e. The van der Waals surface area contributed by atoms with E-state index in [0.29, 0.717) is 0 Å². The maximum atomic E-state index is 6.24. The second kappa shape index (κ2) is 5.52. The molecule has 2 rings (SSSR count). The molecule has 17 heavy (non-hydrogen) atoms. The molecule has 1 unspecified atom stereocenters. The minimum absolute atomic E-state index is 0.760. The van der Waals surface area contributed by atoms with Crippen molar-refractivity contribution in [1.29, 1.82) is 0 Å². The fourth-order valence-corrected chi connectivity index (χ4v) is 6.04. The number of aryl methyl sites for hydroxylation is 2. The van der Waals surface area contributed by atoms with Crippen molar-refractivity contribution in [2.45, 2.75) is 13.8 Å². The lowest BCUT2D eigenvalue weighted by Gasteiger charge is -2.18. The van der Waals surface area contributed by atoms with Crippen LogP contribution in [0, 0.1) is 13.8 Å². The Balaban J connectivity index is 2.50. The Morgan fingerprint density at radius 3 is 2.00 bits per heavy atom. The summed E-state index contributed by atoms with van der Waals surface area (Å²) in [5.74, 6) is 0. The van der Waals surface area contributed by atoms with Crippen molar-refractivity contribution in [3.8, 4) is 0 Å². The van der Waals surface area contributed by atoms with Crippen molar-refractivity contribution in [3.05, 3.63) is 59.7 Å². The van der Waals surface area contributed by atoms with Gasteiger partial charge in [0.15, 0.2) is 0 Å². The molecule has 88 valence electrons. The number of alkyl halides is 1. The largest absolute Gasteiger partial charge is 0.130 e. The zero-order valence-electron chi connectivity index (χ0n) is 10.3. The Morgan fingerprint density at radius 2 is 1.47 bits per heavy atom. The standard InChI is InChI=1S/C15H17ClSi/c1-12-7-6-8-13(2)15(12)17(11-16)14-9-4-3-5-10-14/h3-10,17H,11H2,1-2H3. The topological polar surface area (TPSA) is 0 Å². The zero-order valence-corrected chi connectivity index (χ0v) is 12.2. The Morgan fingerprint density at radius 1 is 0.882 bits per heavy atom. The van der Waals surface area contributed by atoms with Gasteiger partial charge in [-0.2, -0.15) is 0 Å². The van der Waals surface area contributed by atoms with Crippen LogP contribution in [0.25, 0.3) is 0 Å². The fraction of sp³-hybridized carbons (Fsp3) is 0.200. The molecule has 0 bridgehead atoms. The average Bonchev–Trinajstić information content (AvgIpc) is 2.35. The first-order chi connectivity index (χ1) is 8.24. The molecular formula is C15H17ClSi. The van der Waals surface area contributed by atoms with Gasteiger partial charge < -0.3 is 0 Å². The predicted molar refractivity (Wildman–Crippen MR) is 79.5 cm³/mol. The molecule has 0 saturated heterocycles. The van der Waals surface area contributed by atoms with Crippen molar-refractivity contribution in [1.82, 2.24) is 0 Å². The predicted octanol–water partition coefficient (Wildman–Crippen LogP) is 2.42. The van der Waals surface area contributed by atoms with Gasteiger partial charge in [0.25, 0.3) is 0 Å². The molecule has 0 nitrogen and oxygen atoms in total. The third-order valence-corrected chi connectivity index (χ3v) is 7.28. The summed E-state index contributed by atoms with van der Waals surface area (Å²) in [6.45, 7) is 4.38. The zero-order chi connectivity index (χ0) is 12.3. The minimum atomic E-state index is -1.24. The highest BCUT2D eigenvalue weighted by Gasteiger charge is 2.18. The second-order valence-electron chi connectivity index (χ2n) is 4.42. The molecule has 0 saturated carbocycles. The lowest BCUT2D eigenvalue weighted by atomic mass is 10.2. The number of hydrogen-bond acceptors (Lipinski definition) is 0. The lowest BCUT2D eigenvalue weighted by molar-refractivity contribution is 1.42. The van der Waals surface area contributed by atoms with Gasteiger partial charge in [-0.05, 0) is 13.8 Å². The van der Waals surface area contributed by atoms with E-state index in [4.69, 9.17) is 11.6 Å². The van der Waals surface area contributed by atoms with E-state index in [-0.39, 0.29) is 0 Å². The SMILES string of the molecule is Cc1cccc(C)c1[SiH](CCl)c1ccccc1. The summed E-state index contributed by atoms with van der Waals surface area (Å²) in [6, 6.07) is 17.2. The normalized spacial score (nSPS) is 12.4. The van der Waals surface area contributed by atoms with Crippen molar-refractivity contribution in [2.75, 3.05) is 5.50 Å². The lowest BCUT2D eigenvalue weighted by Crippen LogP contribution is -2.46. The Kier molecular flexibility index (Phi) is 4.03. The van der Waals surface area contributed by atoms with Crippen LogP contribution in [0.4, 0.5) is 0 Å². The Bertz CT molecular complexity index is 473. The molecule has 0 aliphatic carbocycles. The molecule has 0 aromatic heterocycles. The van der Waals surface area contributed by atoms with Gasteiger partial charge in [-0.3, -0.25) is 0 Å². The van der Waals surface area contributed by atoms with Crippen LogP contribution >= 0.6 is 11.6 Å². The summed E-state index contributed by atoms with van der Waals surface area (Å²) < 4.78 is 0. The van der Waals surface area contributed by atoms with E-state index in [1.54, 1.807) is 0 Å². The highest BCUT2D eigenvalue weighted by atomic mass is 35.5. The average molecular weight is 261 g/mol. The van der Waals surface area contributed by atoms with Gasteiger partial charge in [-0.15, -0.1) is 11.6 Å². The summed E-state index contributed by atoms with van der Waals surface area (Å²) in [6.07, 6.45) is 0. The number of benzene rings is 2. The monoisotopic (exact) mass is 260 g/mol. The highest BCUT2D eigenvalue weighted by molar-refractivity contribution is 6.90. The van der Waals surface area contributed by atoms with Gasteiger partial charge in [0, 0.05) is 5.50 Å². The van der Waals surface area contributed by atoms with Gasteiger partial charge in [0.2, 0.25) is 0 Å². The fourth-order valence-electron chi connectivity index (χ4n) is 2.40. The van der Waals surface area contributed by atoms with Crippen LogP contribution in [0.2, 0.25) is 0 Å². The van der Waals surface area contributed by atoms with E-state index in [1.165, 1.54) is 21.5 Å². The van der Waals surface area contributed by atoms with E-state index in [2.05, 4.69) is 62.4 Å². The molecule has 2 aromatic carbocycles. The van der Waals surface area contributed by atoms with Crippen LogP contribution < -0.4 is 10.4 Å². The molecule has 0 aliphatic rings. The third kappa shape index (κ3) is 2.62. The number of halogens is 1. The first kappa shape index (κ1) is 12.4. The van der Waals surface area contributed by atoms with Gasteiger partial charge >= 0.3 is 0 Å². The van der Waals surface area contributed by atoms with Crippen LogP contribution in [-0.2, 0) is 0 Å². The number of rotatable bonds is 3. The summed E-state index contributed by atoms with van der Waals surface area (Å²) in [5, 5.41) is 2.94. The smallest absolute Gasteiger partial charge is 0.118 e. The first-order valence-corrected chi connectivity index (χ1v) is 8.41. The quantitative estimate of drug-likeness (QED) is 0.587. The van der Waals surface area contributed by atoms with Crippen LogP contribution in [0.1, 0.15) is 11.1 Å². The molecular weight excluding hydrogens is 244 g/mol. The molecule has 0 fully saturated rings. The molecule has 0 heterocycles. The van der Waals surface area contributed by atoms with E-state index in [1.807, 2.05) is 0 Å². The van der Waals surface area contributed by atoms with Gasteiger partial charge in [0.05, 0.1) is 0 Å². The maximum absolute atomic E-state index is 6.24.